The van der Waals surface area contributed by atoms with Crippen molar-refractivity contribution in [2.45, 2.75) is 63.0 Å². The van der Waals surface area contributed by atoms with Gasteiger partial charge in [-0.1, -0.05) is 30.3 Å². The third-order valence-electron chi connectivity index (χ3n) is 8.18. The van der Waals surface area contributed by atoms with Gasteiger partial charge in [-0.25, -0.2) is 4.79 Å². The van der Waals surface area contributed by atoms with Crippen molar-refractivity contribution in [2.75, 3.05) is 0 Å². The topological polar surface area (TPSA) is 57.5 Å². The molecule has 0 amide bonds. The highest BCUT2D eigenvalue weighted by Crippen LogP contribution is 2.61. The average molecular weight is 471 g/mol. The molecule has 3 nitrogen and oxygen atoms in total. The summed E-state index contributed by atoms with van der Waals surface area (Å²) in [5, 5.41) is 20.5. The van der Waals surface area contributed by atoms with Crippen molar-refractivity contribution in [3.05, 3.63) is 70.8 Å². The van der Waals surface area contributed by atoms with Crippen LogP contribution in [0, 0.1) is 17.8 Å². The van der Waals surface area contributed by atoms with Gasteiger partial charge in [-0.3, -0.25) is 0 Å². The number of aryl methyl sites for hydroxylation is 1. The lowest BCUT2D eigenvalue weighted by Crippen LogP contribution is -2.48. The van der Waals surface area contributed by atoms with Crippen LogP contribution < -0.4 is 0 Å². The lowest BCUT2D eigenvalue weighted by Gasteiger charge is -2.57. The number of rotatable bonds is 6. The van der Waals surface area contributed by atoms with Crippen LogP contribution >= 0.6 is 0 Å². The van der Waals surface area contributed by atoms with E-state index in [4.69, 9.17) is 0 Å². The number of carbonyl (C=O) groups is 1. The van der Waals surface area contributed by atoms with Crippen LogP contribution in [0.3, 0.4) is 0 Å². The minimum absolute atomic E-state index is 0.0299. The molecule has 6 rings (SSSR count). The Bertz CT molecular complexity index is 1100. The van der Waals surface area contributed by atoms with Crippen LogP contribution in [0.15, 0.2) is 48.5 Å². The van der Waals surface area contributed by atoms with Crippen molar-refractivity contribution < 1.29 is 28.2 Å². The van der Waals surface area contributed by atoms with E-state index in [1.165, 1.54) is 37.5 Å². The second kappa shape index (κ2) is 8.47. The number of aromatic hydroxyl groups is 1. The number of phenolic OH excluding ortho intramolecular Hbond substituents is 1. The predicted molar refractivity (Wildman–Crippen MR) is 123 cm³/mol. The summed E-state index contributed by atoms with van der Waals surface area (Å²) < 4.78 is 39.1. The Morgan fingerprint density at radius 1 is 1.00 bits per heavy atom. The second-order valence-electron chi connectivity index (χ2n) is 10.6. The number of carboxylic acids is 1. The summed E-state index contributed by atoms with van der Waals surface area (Å²) in [4.78, 5) is 11.7. The lowest BCUT2D eigenvalue weighted by molar-refractivity contribution is -0.137. The number of hydrogen-bond acceptors (Lipinski definition) is 2. The van der Waals surface area contributed by atoms with Crippen molar-refractivity contribution in [1.29, 1.82) is 0 Å². The van der Waals surface area contributed by atoms with Gasteiger partial charge in [0.25, 0.3) is 0 Å². The van der Waals surface area contributed by atoms with Crippen LogP contribution in [0.25, 0.3) is 5.57 Å². The highest BCUT2D eigenvalue weighted by molar-refractivity contribution is 6.15. The van der Waals surface area contributed by atoms with Crippen molar-refractivity contribution in [1.82, 2.24) is 0 Å². The quantitative estimate of drug-likeness (QED) is 0.448. The Kier molecular flexibility index (Phi) is 5.73. The summed E-state index contributed by atoms with van der Waals surface area (Å²) in [7, 11) is 0. The maximum Gasteiger partial charge on any atom is 0.416 e. The summed E-state index contributed by atoms with van der Waals surface area (Å²) >= 11 is 0. The molecule has 0 aliphatic heterocycles. The van der Waals surface area contributed by atoms with Gasteiger partial charge in [0.05, 0.1) is 11.1 Å². The molecule has 0 unspecified atom stereocenters. The second-order valence-corrected chi connectivity index (χ2v) is 10.6. The Labute approximate surface area is 197 Å². The van der Waals surface area contributed by atoms with Gasteiger partial charge in [-0.2, -0.15) is 13.2 Å². The van der Waals surface area contributed by atoms with Gasteiger partial charge in [0.2, 0.25) is 0 Å². The van der Waals surface area contributed by atoms with E-state index in [1.54, 1.807) is 6.07 Å². The summed E-state index contributed by atoms with van der Waals surface area (Å²) in [6.07, 6.45) is 5.25. The van der Waals surface area contributed by atoms with Crippen molar-refractivity contribution >= 4 is 11.5 Å². The molecule has 0 aromatic heterocycles. The zero-order valence-corrected chi connectivity index (χ0v) is 18.9. The third kappa shape index (κ3) is 4.35. The van der Waals surface area contributed by atoms with Crippen molar-refractivity contribution in [3.8, 4) is 5.75 Å². The fourth-order valence-corrected chi connectivity index (χ4v) is 7.20. The molecule has 2 N–H and O–H groups in total. The Morgan fingerprint density at radius 2 is 1.65 bits per heavy atom. The van der Waals surface area contributed by atoms with Crippen molar-refractivity contribution in [2.24, 2.45) is 17.8 Å². The van der Waals surface area contributed by atoms with Crippen LogP contribution in [0.5, 0.6) is 5.75 Å². The highest BCUT2D eigenvalue weighted by Gasteiger charge is 2.52. The molecule has 2 aromatic rings. The molecule has 34 heavy (non-hydrogen) atoms. The highest BCUT2D eigenvalue weighted by atomic mass is 19.4. The molecule has 0 radical (unpaired) electrons. The number of phenols is 1. The molecular formula is C28H29F3O3. The Balaban J connectivity index is 1.31. The van der Waals surface area contributed by atoms with Crippen LogP contribution in [0.1, 0.15) is 67.2 Å². The molecule has 6 heteroatoms. The predicted octanol–water partition coefficient (Wildman–Crippen LogP) is 6.98. The number of hydrogen-bond donors (Lipinski definition) is 2. The number of allylic oxidation sites excluding steroid dienone is 1. The van der Waals surface area contributed by atoms with Crippen LogP contribution in [-0.4, -0.2) is 16.2 Å². The van der Waals surface area contributed by atoms with E-state index in [1.807, 2.05) is 12.1 Å². The fraction of sp³-hybridized carbons (Fsp3) is 0.464. The molecule has 0 spiro atoms. The lowest BCUT2D eigenvalue weighted by atomic mass is 9.48. The van der Waals surface area contributed by atoms with Gasteiger partial charge in [-0.05, 0) is 104 Å². The monoisotopic (exact) mass is 470 g/mol. The maximum absolute atomic E-state index is 13.0. The first-order chi connectivity index (χ1) is 16.1. The summed E-state index contributed by atoms with van der Waals surface area (Å²) in [5.41, 5.74) is 1.04. The molecule has 4 aliphatic carbocycles. The van der Waals surface area contributed by atoms with Gasteiger partial charge in [0, 0.05) is 5.56 Å². The minimum atomic E-state index is -4.53. The minimum Gasteiger partial charge on any atom is -0.508 e. The molecule has 4 fully saturated rings. The van der Waals surface area contributed by atoms with Crippen molar-refractivity contribution in [3.63, 3.8) is 0 Å². The first-order valence-electron chi connectivity index (χ1n) is 12.1. The van der Waals surface area contributed by atoms with Crippen LogP contribution in [-0.2, 0) is 22.8 Å². The largest absolute Gasteiger partial charge is 0.508 e. The molecule has 4 aliphatic rings. The SMILES string of the molecule is O=C(O)/C(=C/CCc1ccc(C23CC4CC(CC(C4)C2)C3)c(O)c1)c1cccc(C(F)(F)F)c1. The van der Waals surface area contributed by atoms with Gasteiger partial charge in [-0.15, -0.1) is 0 Å². The Morgan fingerprint density at radius 3 is 2.21 bits per heavy atom. The van der Waals surface area contributed by atoms with Gasteiger partial charge < -0.3 is 10.2 Å². The first kappa shape index (κ1) is 23.0. The fourth-order valence-electron chi connectivity index (χ4n) is 7.20. The van der Waals surface area contributed by atoms with E-state index in [9.17, 15) is 28.2 Å². The van der Waals surface area contributed by atoms with E-state index in [0.29, 0.717) is 18.6 Å². The first-order valence-corrected chi connectivity index (χ1v) is 12.1. The molecule has 180 valence electrons. The Hall–Kier alpha value is -2.76. The summed E-state index contributed by atoms with van der Waals surface area (Å²) in [6, 6.07) is 10.2. The van der Waals surface area contributed by atoms with Gasteiger partial charge in [0.15, 0.2) is 0 Å². The van der Waals surface area contributed by atoms with Crippen LogP contribution in [0.4, 0.5) is 13.2 Å². The number of halogens is 3. The van der Waals surface area contributed by atoms with E-state index in [-0.39, 0.29) is 16.6 Å². The smallest absolute Gasteiger partial charge is 0.416 e. The van der Waals surface area contributed by atoms with E-state index >= 15 is 0 Å². The molecule has 0 heterocycles. The average Bonchev–Trinajstić information content (AvgIpc) is 2.75. The molecule has 2 aromatic carbocycles. The third-order valence-corrected chi connectivity index (χ3v) is 8.18. The molecule has 4 bridgehead atoms. The molecule has 4 saturated carbocycles. The number of aliphatic carboxylic acids is 1. The summed E-state index contributed by atoms with van der Waals surface area (Å²) in [5.74, 6) is 1.39. The number of benzene rings is 2. The van der Waals surface area contributed by atoms with Gasteiger partial charge >= 0.3 is 12.1 Å². The van der Waals surface area contributed by atoms with E-state index in [0.717, 1.165) is 60.3 Å². The molecule has 0 saturated heterocycles. The number of carboxylic acid groups (broad SMARTS) is 1. The van der Waals surface area contributed by atoms with E-state index in [2.05, 4.69) is 0 Å². The maximum atomic E-state index is 13.0. The standard InChI is InChI=1S/C28H29F3O3/c29-28(30,31)22-5-2-4-21(13-22)23(26(33)34)6-1-3-17-7-8-24(25(32)12-17)27-14-18-9-19(15-27)11-20(10-18)16-27/h2,4-8,12-13,18-20,32H,1,3,9-11,14-16H2,(H,33,34)/b23-6+. The van der Waals surface area contributed by atoms with Crippen LogP contribution in [0.2, 0.25) is 0 Å². The zero-order chi connectivity index (χ0) is 24.1. The molecular weight excluding hydrogens is 441 g/mol. The normalized spacial score (nSPS) is 28.3. The van der Waals surface area contributed by atoms with E-state index < -0.39 is 17.7 Å². The zero-order valence-electron chi connectivity index (χ0n) is 18.9. The summed E-state index contributed by atoms with van der Waals surface area (Å²) in [6.45, 7) is 0. The number of alkyl halides is 3. The molecule has 0 atom stereocenters. The van der Waals surface area contributed by atoms with Gasteiger partial charge in [0.1, 0.15) is 5.75 Å².